The first-order valence-electron chi connectivity index (χ1n) is 7.42. The zero-order valence-electron chi connectivity index (χ0n) is 12.2. The molecule has 6 heteroatoms. The van der Waals surface area contributed by atoms with E-state index in [2.05, 4.69) is 11.0 Å². The number of morpholine rings is 1. The molecule has 0 bridgehead atoms. The van der Waals surface area contributed by atoms with E-state index in [1.54, 1.807) is 0 Å². The van der Waals surface area contributed by atoms with Crippen molar-refractivity contribution in [2.24, 2.45) is 5.73 Å². The van der Waals surface area contributed by atoms with Gasteiger partial charge in [0.05, 0.1) is 24.4 Å². The highest BCUT2D eigenvalue weighted by Gasteiger charge is 2.29. The Kier molecular flexibility index (Phi) is 4.10. The molecular weight excluding hydrogens is 286 g/mol. The van der Waals surface area contributed by atoms with E-state index in [1.165, 1.54) is 5.56 Å². The number of hydrogen-bond donors (Lipinski definition) is 2. The molecule has 1 aromatic rings. The molecule has 0 radical (unpaired) electrons. The molecule has 2 aliphatic rings. The number of aryl methyl sites for hydroxylation is 2. The topological polar surface area (TPSA) is 71.6 Å². The van der Waals surface area contributed by atoms with Crippen molar-refractivity contribution in [3.63, 3.8) is 0 Å². The van der Waals surface area contributed by atoms with E-state index < -0.39 is 0 Å². The van der Waals surface area contributed by atoms with E-state index in [9.17, 15) is 5.11 Å². The predicted octanol–water partition coefficient (Wildman–Crippen LogP) is 0.790. The molecule has 1 saturated heterocycles. The number of aliphatic hydroxyl groups excluding tert-OH is 1. The summed E-state index contributed by atoms with van der Waals surface area (Å²) in [6.45, 7) is 3.36. The molecule has 2 unspecified atom stereocenters. The molecule has 0 aromatic carbocycles. The third kappa shape index (κ3) is 2.88. The highest BCUT2D eigenvalue weighted by atomic mass is 32.1. The first kappa shape index (κ1) is 14.7. The molecule has 0 spiro atoms. The fraction of sp³-hybridized carbons (Fsp3) is 0.600. The fourth-order valence-electron chi connectivity index (χ4n) is 3.20. The SMILES string of the molecule is CC1CN(c2nc3c(cc2C(N)=S)CCC3)CC(CO)O1. The van der Waals surface area contributed by atoms with Gasteiger partial charge < -0.3 is 20.5 Å². The maximum Gasteiger partial charge on any atom is 0.139 e. The van der Waals surface area contributed by atoms with Gasteiger partial charge in [-0.15, -0.1) is 0 Å². The third-order valence-electron chi connectivity index (χ3n) is 4.13. The van der Waals surface area contributed by atoms with Crippen LogP contribution in [0.25, 0.3) is 0 Å². The summed E-state index contributed by atoms with van der Waals surface area (Å²) in [5, 5.41) is 9.38. The minimum Gasteiger partial charge on any atom is -0.394 e. The van der Waals surface area contributed by atoms with Crippen LogP contribution in [-0.4, -0.2) is 47.0 Å². The zero-order valence-corrected chi connectivity index (χ0v) is 13.0. The van der Waals surface area contributed by atoms with Gasteiger partial charge >= 0.3 is 0 Å². The van der Waals surface area contributed by atoms with Gasteiger partial charge in [0.1, 0.15) is 10.8 Å². The van der Waals surface area contributed by atoms with Crippen LogP contribution in [0, 0.1) is 0 Å². The van der Waals surface area contributed by atoms with Gasteiger partial charge in [0.15, 0.2) is 0 Å². The van der Waals surface area contributed by atoms with Crippen LogP contribution in [0.2, 0.25) is 0 Å². The Labute approximate surface area is 130 Å². The lowest BCUT2D eigenvalue weighted by Gasteiger charge is -2.37. The maximum atomic E-state index is 9.38. The minimum absolute atomic E-state index is 0.00812. The van der Waals surface area contributed by atoms with Gasteiger partial charge in [-0.05, 0) is 37.8 Å². The maximum absolute atomic E-state index is 9.38. The molecule has 3 N–H and O–H groups in total. The average molecular weight is 307 g/mol. The highest BCUT2D eigenvalue weighted by molar-refractivity contribution is 7.80. The summed E-state index contributed by atoms with van der Waals surface area (Å²) >= 11 is 5.21. The largest absolute Gasteiger partial charge is 0.394 e. The van der Waals surface area contributed by atoms with Crippen LogP contribution in [0.4, 0.5) is 5.82 Å². The molecule has 3 rings (SSSR count). The minimum atomic E-state index is -0.192. The van der Waals surface area contributed by atoms with E-state index in [4.69, 9.17) is 27.7 Å². The second-order valence-electron chi connectivity index (χ2n) is 5.84. The fourth-order valence-corrected chi connectivity index (χ4v) is 3.35. The number of nitrogens with zero attached hydrogens (tertiary/aromatic N) is 2. The Bertz CT molecular complexity index is 564. The summed E-state index contributed by atoms with van der Waals surface area (Å²) < 4.78 is 5.70. The molecule has 2 heterocycles. The van der Waals surface area contributed by atoms with Gasteiger partial charge in [0, 0.05) is 18.8 Å². The van der Waals surface area contributed by atoms with Crippen molar-refractivity contribution in [2.45, 2.75) is 38.4 Å². The quantitative estimate of drug-likeness (QED) is 0.805. The molecular formula is C15H21N3O2S. The Morgan fingerprint density at radius 2 is 2.33 bits per heavy atom. The number of ether oxygens (including phenoxy) is 1. The normalized spacial score (nSPS) is 25.0. The van der Waals surface area contributed by atoms with Crippen molar-refractivity contribution in [1.82, 2.24) is 4.98 Å². The van der Waals surface area contributed by atoms with Gasteiger partial charge in [0.2, 0.25) is 0 Å². The standard InChI is InChI=1S/C15H21N3O2S/c1-9-6-18(7-11(8-19)20-9)15-12(14(16)21)5-10-3-2-4-13(10)17-15/h5,9,11,19H,2-4,6-8H2,1H3,(H2,16,21). The van der Waals surface area contributed by atoms with Crippen molar-refractivity contribution in [1.29, 1.82) is 0 Å². The Morgan fingerprint density at radius 1 is 1.52 bits per heavy atom. The molecule has 1 aliphatic carbocycles. The Morgan fingerprint density at radius 3 is 3.05 bits per heavy atom. The Hall–Kier alpha value is -1.24. The number of pyridine rings is 1. The van der Waals surface area contributed by atoms with Gasteiger partial charge in [-0.3, -0.25) is 0 Å². The Balaban J connectivity index is 1.98. The number of hydrogen-bond acceptors (Lipinski definition) is 5. The zero-order chi connectivity index (χ0) is 15.0. The number of aliphatic hydroxyl groups is 1. The van der Waals surface area contributed by atoms with Crippen LogP contribution in [0.1, 0.15) is 30.2 Å². The first-order valence-corrected chi connectivity index (χ1v) is 7.83. The molecule has 0 saturated carbocycles. The van der Waals surface area contributed by atoms with Crippen molar-refractivity contribution < 1.29 is 9.84 Å². The number of nitrogens with two attached hydrogens (primary N) is 1. The lowest BCUT2D eigenvalue weighted by molar-refractivity contribution is -0.0423. The third-order valence-corrected chi connectivity index (χ3v) is 4.35. The van der Waals surface area contributed by atoms with E-state index in [-0.39, 0.29) is 18.8 Å². The van der Waals surface area contributed by atoms with Gasteiger partial charge in [0.25, 0.3) is 0 Å². The number of rotatable bonds is 3. The van der Waals surface area contributed by atoms with Gasteiger partial charge in [-0.1, -0.05) is 12.2 Å². The molecule has 2 atom stereocenters. The lowest BCUT2D eigenvalue weighted by Crippen LogP contribution is -2.49. The number of fused-ring (bicyclic) bond motifs is 1. The lowest BCUT2D eigenvalue weighted by atomic mass is 10.1. The highest BCUT2D eigenvalue weighted by Crippen LogP contribution is 2.29. The first-order chi connectivity index (χ1) is 10.1. The van der Waals surface area contributed by atoms with E-state index >= 15 is 0 Å². The van der Waals surface area contributed by atoms with E-state index in [1.807, 2.05) is 6.92 Å². The summed E-state index contributed by atoms with van der Waals surface area (Å²) in [6.07, 6.45) is 3.06. The van der Waals surface area contributed by atoms with Crippen molar-refractivity contribution in [2.75, 3.05) is 24.6 Å². The van der Waals surface area contributed by atoms with Crippen molar-refractivity contribution in [3.05, 3.63) is 22.9 Å². The van der Waals surface area contributed by atoms with Gasteiger partial charge in [-0.25, -0.2) is 4.98 Å². The van der Waals surface area contributed by atoms with Crippen LogP contribution in [0.5, 0.6) is 0 Å². The molecule has 1 fully saturated rings. The van der Waals surface area contributed by atoms with Crippen LogP contribution in [-0.2, 0) is 17.6 Å². The predicted molar refractivity (Wildman–Crippen MR) is 85.8 cm³/mol. The number of thiocarbonyl (C=S) groups is 1. The summed E-state index contributed by atoms with van der Waals surface area (Å²) in [7, 11) is 0. The number of anilines is 1. The smallest absolute Gasteiger partial charge is 0.139 e. The number of aromatic nitrogens is 1. The summed E-state index contributed by atoms with van der Waals surface area (Å²) in [5.41, 5.74) is 9.17. The van der Waals surface area contributed by atoms with Crippen LogP contribution < -0.4 is 10.6 Å². The molecule has 5 nitrogen and oxygen atoms in total. The molecule has 1 aromatic heterocycles. The summed E-state index contributed by atoms with van der Waals surface area (Å²) in [6, 6.07) is 2.10. The van der Waals surface area contributed by atoms with Gasteiger partial charge in [-0.2, -0.15) is 0 Å². The second-order valence-corrected chi connectivity index (χ2v) is 6.28. The van der Waals surface area contributed by atoms with Crippen LogP contribution in [0.15, 0.2) is 6.07 Å². The monoisotopic (exact) mass is 307 g/mol. The van der Waals surface area contributed by atoms with Crippen molar-refractivity contribution in [3.8, 4) is 0 Å². The average Bonchev–Trinajstić information content (AvgIpc) is 2.92. The van der Waals surface area contributed by atoms with E-state index in [0.29, 0.717) is 11.5 Å². The molecule has 0 amide bonds. The summed E-state index contributed by atoms with van der Waals surface area (Å²) in [4.78, 5) is 7.34. The second kappa shape index (κ2) is 5.87. The van der Waals surface area contributed by atoms with E-state index in [0.717, 1.165) is 42.9 Å². The molecule has 114 valence electrons. The molecule has 21 heavy (non-hydrogen) atoms. The molecule has 1 aliphatic heterocycles. The van der Waals surface area contributed by atoms with Crippen LogP contribution in [0.3, 0.4) is 0 Å². The van der Waals surface area contributed by atoms with Crippen LogP contribution >= 0.6 is 12.2 Å². The van der Waals surface area contributed by atoms with Crippen molar-refractivity contribution >= 4 is 23.0 Å². The summed E-state index contributed by atoms with van der Waals surface area (Å²) in [5.74, 6) is 0.844.